The standard InChI is InChI=1S/C20H18O10.C17H17ClN6O3/c1-27-13-7-3-11(4-8-13)19(25)29-15(17(21)22)16(18(23)24)30-20(26)12-5-9-14(28-2)10-6-12;1-22-6-8-23(9-7-22)17(26)27-16-14-13(19-4-5-20-14)15(25)24(16)12-3-2-11(18)10-21-12/h3-10,15-16H,1-2H3,(H,21,22)(H,23,24);2-5,10,16H,6-9H2,1H3/t15-,16-;/m0./s1. The Labute approximate surface area is 329 Å². The predicted molar refractivity (Wildman–Crippen MR) is 196 cm³/mol. The number of hydrogen-bond donors (Lipinski definition) is 2. The lowest BCUT2D eigenvalue weighted by atomic mass is 10.1. The van der Waals surface area contributed by atoms with Crippen LogP contribution >= 0.6 is 11.6 Å². The number of anilines is 1. The van der Waals surface area contributed by atoms with Crippen LogP contribution in [0.1, 0.15) is 43.1 Å². The van der Waals surface area contributed by atoms with Crippen molar-refractivity contribution in [1.29, 1.82) is 0 Å². The van der Waals surface area contributed by atoms with Crippen molar-refractivity contribution >= 4 is 53.3 Å². The van der Waals surface area contributed by atoms with Gasteiger partial charge in [-0.2, -0.15) is 0 Å². The molecule has 19 nitrogen and oxygen atoms in total. The summed E-state index contributed by atoms with van der Waals surface area (Å²) in [4.78, 5) is 90.6. The number of hydrogen-bond acceptors (Lipinski definition) is 15. The van der Waals surface area contributed by atoms with Crippen molar-refractivity contribution < 1.29 is 62.7 Å². The average molecular weight is 807 g/mol. The van der Waals surface area contributed by atoms with Gasteiger partial charge in [0.2, 0.25) is 18.4 Å². The molecule has 3 atom stereocenters. The summed E-state index contributed by atoms with van der Waals surface area (Å²) >= 11 is 5.89. The fourth-order valence-corrected chi connectivity index (χ4v) is 5.46. The zero-order chi connectivity index (χ0) is 41.2. The van der Waals surface area contributed by atoms with Gasteiger partial charge in [-0.05, 0) is 67.7 Å². The first-order valence-corrected chi connectivity index (χ1v) is 17.2. The van der Waals surface area contributed by atoms with Gasteiger partial charge in [-0.15, -0.1) is 0 Å². The number of amides is 2. The van der Waals surface area contributed by atoms with Gasteiger partial charge in [-0.3, -0.25) is 9.78 Å². The van der Waals surface area contributed by atoms with Gasteiger partial charge in [0, 0.05) is 44.8 Å². The number of likely N-dealkylation sites (N-methyl/N-ethyl adjacent to an activating group) is 1. The van der Waals surface area contributed by atoms with E-state index in [0.29, 0.717) is 41.1 Å². The van der Waals surface area contributed by atoms with E-state index in [-0.39, 0.29) is 16.8 Å². The number of carboxylic acid groups (broad SMARTS) is 2. The normalized spacial score (nSPS) is 15.9. The number of carboxylic acids is 2. The molecule has 2 aromatic heterocycles. The quantitative estimate of drug-likeness (QED) is 0.163. The first kappa shape index (κ1) is 41.3. The molecular weight excluding hydrogens is 772 g/mol. The van der Waals surface area contributed by atoms with E-state index in [1.807, 2.05) is 7.05 Å². The molecule has 298 valence electrons. The number of benzene rings is 2. The van der Waals surface area contributed by atoms with E-state index in [9.17, 15) is 39.0 Å². The summed E-state index contributed by atoms with van der Waals surface area (Å²) in [7, 11) is 4.84. The second-order valence-electron chi connectivity index (χ2n) is 12.1. The van der Waals surface area contributed by atoms with Gasteiger partial charge in [0.15, 0.2) is 5.69 Å². The summed E-state index contributed by atoms with van der Waals surface area (Å²) in [5, 5.41) is 19.1. The summed E-state index contributed by atoms with van der Waals surface area (Å²) in [5.41, 5.74) is 0.340. The van der Waals surface area contributed by atoms with Gasteiger partial charge >= 0.3 is 30.0 Å². The maximum atomic E-state index is 12.8. The molecule has 2 N–H and O–H groups in total. The van der Waals surface area contributed by atoms with Crippen LogP contribution in [0.25, 0.3) is 0 Å². The molecule has 2 aliphatic rings. The monoisotopic (exact) mass is 806 g/mol. The SMILES string of the molecule is CN1CCN(C(=O)OC2c3nccnc3C(=O)N2c2ccc(Cl)cn2)CC1.COc1ccc(C(=O)O[C@H](C(=O)O)[C@H](OC(=O)c2ccc(OC)cc2)C(=O)O)cc1. The van der Waals surface area contributed by atoms with Gasteiger partial charge < -0.3 is 43.7 Å². The Hall–Kier alpha value is -6.86. The predicted octanol–water partition coefficient (Wildman–Crippen LogP) is 3.19. The number of carbonyl (C=O) groups is 6. The first-order chi connectivity index (χ1) is 27.3. The zero-order valence-corrected chi connectivity index (χ0v) is 31.3. The minimum atomic E-state index is -2.28. The highest BCUT2D eigenvalue weighted by atomic mass is 35.5. The van der Waals surface area contributed by atoms with Crippen LogP contribution in [-0.4, -0.2) is 130 Å². The van der Waals surface area contributed by atoms with E-state index < -0.39 is 54.3 Å². The molecule has 57 heavy (non-hydrogen) atoms. The fourth-order valence-electron chi connectivity index (χ4n) is 5.34. The largest absolute Gasteiger partial charge is 0.497 e. The number of methoxy groups -OCH3 is 2. The molecule has 2 aliphatic heterocycles. The highest BCUT2D eigenvalue weighted by Crippen LogP contribution is 2.36. The molecule has 20 heteroatoms. The number of nitrogens with zero attached hydrogens (tertiary/aromatic N) is 6. The Kier molecular flexibility index (Phi) is 13.5. The van der Waals surface area contributed by atoms with E-state index in [1.54, 1.807) is 17.0 Å². The summed E-state index contributed by atoms with van der Waals surface area (Å²) in [6, 6.07) is 14.2. The van der Waals surface area contributed by atoms with Gasteiger partial charge in [0.1, 0.15) is 23.0 Å². The van der Waals surface area contributed by atoms with Crippen molar-refractivity contribution in [2.75, 3.05) is 52.3 Å². The lowest BCUT2D eigenvalue weighted by molar-refractivity contribution is -0.166. The molecule has 0 saturated carbocycles. The Balaban J connectivity index is 0.000000218. The number of pyridine rings is 1. The van der Waals surface area contributed by atoms with Crippen LogP contribution in [-0.2, 0) is 23.8 Å². The Morgan fingerprint density at radius 3 is 1.70 bits per heavy atom. The third-order valence-corrected chi connectivity index (χ3v) is 8.65. The van der Waals surface area contributed by atoms with Crippen LogP contribution in [0.3, 0.4) is 0 Å². The number of piperazine rings is 1. The maximum Gasteiger partial charge on any atom is 0.412 e. The van der Waals surface area contributed by atoms with Crippen LogP contribution < -0.4 is 14.4 Å². The number of rotatable bonds is 11. The Morgan fingerprint density at radius 1 is 0.737 bits per heavy atom. The number of halogens is 1. The zero-order valence-electron chi connectivity index (χ0n) is 30.5. The maximum absolute atomic E-state index is 12.8. The summed E-state index contributed by atoms with van der Waals surface area (Å²) < 4.78 is 25.2. The van der Waals surface area contributed by atoms with E-state index >= 15 is 0 Å². The smallest absolute Gasteiger partial charge is 0.412 e. The number of fused-ring (bicyclic) bond motifs is 1. The molecule has 0 aliphatic carbocycles. The number of carbonyl (C=O) groups excluding carboxylic acids is 4. The Morgan fingerprint density at radius 2 is 1.25 bits per heavy atom. The van der Waals surface area contributed by atoms with E-state index in [0.717, 1.165) is 13.1 Å². The first-order valence-electron chi connectivity index (χ1n) is 16.9. The number of aliphatic carboxylic acids is 2. The van der Waals surface area contributed by atoms with Crippen molar-refractivity contribution in [3.63, 3.8) is 0 Å². The fraction of sp³-hybridized carbons (Fsp3) is 0.270. The third-order valence-electron chi connectivity index (χ3n) is 8.43. The molecule has 0 bridgehead atoms. The summed E-state index contributed by atoms with van der Waals surface area (Å²) in [6.45, 7) is 2.64. The highest BCUT2D eigenvalue weighted by molar-refractivity contribution is 6.30. The second-order valence-corrected chi connectivity index (χ2v) is 12.5. The van der Waals surface area contributed by atoms with E-state index in [1.165, 1.54) is 86.2 Å². The van der Waals surface area contributed by atoms with Crippen molar-refractivity contribution in [2.45, 2.75) is 18.4 Å². The minimum absolute atomic E-state index is 0.0485. The molecule has 1 unspecified atom stereocenters. The van der Waals surface area contributed by atoms with Gasteiger partial charge in [-0.1, -0.05) is 11.6 Å². The second kappa shape index (κ2) is 18.7. The molecule has 1 fully saturated rings. The van der Waals surface area contributed by atoms with Crippen molar-refractivity contribution in [2.24, 2.45) is 0 Å². The molecule has 2 aromatic carbocycles. The number of ether oxygens (including phenoxy) is 5. The molecule has 4 aromatic rings. The summed E-state index contributed by atoms with van der Waals surface area (Å²) in [6.07, 6.45) is -1.77. The summed E-state index contributed by atoms with van der Waals surface area (Å²) in [5.74, 6) is -5.06. The van der Waals surface area contributed by atoms with Crippen LogP contribution in [0.2, 0.25) is 5.02 Å². The molecular formula is C37H35ClN6O13. The van der Waals surface area contributed by atoms with Gasteiger partial charge in [-0.25, -0.2) is 38.8 Å². The van der Waals surface area contributed by atoms with Crippen LogP contribution in [0.5, 0.6) is 11.5 Å². The van der Waals surface area contributed by atoms with Crippen LogP contribution in [0, 0.1) is 0 Å². The number of aromatic nitrogens is 3. The average Bonchev–Trinajstić information content (AvgIpc) is 3.49. The molecule has 0 spiro atoms. The lowest BCUT2D eigenvalue weighted by Gasteiger charge is -2.33. The van der Waals surface area contributed by atoms with E-state index in [2.05, 4.69) is 19.9 Å². The molecule has 2 amide bonds. The molecule has 1 saturated heterocycles. The lowest BCUT2D eigenvalue weighted by Crippen LogP contribution is -2.48. The van der Waals surface area contributed by atoms with Gasteiger partial charge in [0.25, 0.3) is 5.91 Å². The van der Waals surface area contributed by atoms with Crippen molar-refractivity contribution in [3.8, 4) is 11.5 Å². The Bertz CT molecular complexity index is 2020. The molecule has 0 radical (unpaired) electrons. The molecule has 6 rings (SSSR count). The number of esters is 2. The van der Waals surface area contributed by atoms with Crippen molar-refractivity contribution in [3.05, 3.63) is 107 Å². The van der Waals surface area contributed by atoms with Crippen molar-refractivity contribution in [1.82, 2.24) is 24.8 Å². The van der Waals surface area contributed by atoms with Crippen LogP contribution in [0.15, 0.2) is 79.3 Å². The minimum Gasteiger partial charge on any atom is -0.497 e. The van der Waals surface area contributed by atoms with E-state index in [4.69, 9.17) is 35.3 Å². The highest BCUT2D eigenvalue weighted by Gasteiger charge is 2.44. The molecule has 4 heterocycles. The third kappa shape index (κ3) is 10.1. The van der Waals surface area contributed by atoms with Gasteiger partial charge in [0.05, 0.1) is 30.4 Å². The topological polar surface area (TPSA) is 237 Å². The van der Waals surface area contributed by atoms with Crippen LogP contribution in [0.4, 0.5) is 10.6 Å².